The van der Waals surface area contributed by atoms with Crippen molar-refractivity contribution in [2.45, 2.75) is 13.5 Å². The highest BCUT2D eigenvalue weighted by molar-refractivity contribution is 7.19. The minimum absolute atomic E-state index is 0.0504. The van der Waals surface area contributed by atoms with E-state index in [4.69, 9.17) is 4.74 Å². The highest BCUT2D eigenvalue weighted by Gasteiger charge is 2.20. The predicted octanol–water partition coefficient (Wildman–Crippen LogP) is 3.65. The van der Waals surface area contributed by atoms with Crippen LogP contribution in [0.3, 0.4) is 0 Å². The number of amides is 1. The largest absolute Gasteiger partial charge is 0.482 e. The Morgan fingerprint density at radius 1 is 1.19 bits per heavy atom. The zero-order valence-corrected chi connectivity index (χ0v) is 17.4. The van der Waals surface area contributed by atoms with E-state index in [-0.39, 0.29) is 30.4 Å². The first-order chi connectivity index (χ1) is 15.0. The number of nitrogens with one attached hydrogen (secondary N) is 1. The summed E-state index contributed by atoms with van der Waals surface area (Å²) in [5.74, 6) is -0.0269. The molecular formula is C23H17N3O4S. The molecule has 1 aliphatic rings. The number of fused-ring (bicyclic) bond motifs is 2. The van der Waals surface area contributed by atoms with Crippen LogP contribution in [0.5, 0.6) is 5.75 Å². The van der Waals surface area contributed by atoms with E-state index in [1.54, 1.807) is 18.2 Å². The lowest BCUT2D eigenvalue weighted by Crippen LogP contribution is -2.26. The molecule has 1 N–H and O–H groups in total. The molecule has 31 heavy (non-hydrogen) atoms. The summed E-state index contributed by atoms with van der Waals surface area (Å²) in [7, 11) is 0. The molecule has 154 valence electrons. The third-order valence-electron chi connectivity index (χ3n) is 5.17. The third-order valence-corrected chi connectivity index (χ3v) is 6.18. The second-order valence-corrected chi connectivity index (χ2v) is 8.43. The average molecular weight is 431 g/mol. The van der Waals surface area contributed by atoms with Crippen molar-refractivity contribution in [2.75, 3.05) is 11.9 Å². The number of hydrogen-bond acceptors (Lipinski definition) is 6. The second-order valence-electron chi connectivity index (χ2n) is 7.23. The van der Waals surface area contributed by atoms with Crippen LogP contribution in [0.15, 0.2) is 59.7 Å². The Balaban J connectivity index is 1.52. The van der Waals surface area contributed by atoms with Gasteiger partial charge in [0.05, 0.1) is 23.9 Å². The van der Waals surface area contributed by atoms with Gasteiger partial charge in [0.1, 0.15) is 10.6 Å². The monoisotopic (exact) mass is 431 g/mol. The Bertz CT molecular complexity index is 1410. The van der Waals surface area contributed by atoms with E-state index in [0.717, 1.165) is 16.0 Å². The van der Waals surface area contributed by atoms with Gasteiger partial charge in [0.2, 0.25) is 0 Å². The number of carbonyl (C=O) groups excluding carboxylic acids is 2. The fraction of sp³-hybridized carbons (Fsp3) is 0.130. The zero-order valence-electron chi connectivity index (χ0n) is 16.5. The molecule has 1 aliphatic heterocycles. The van der Waals surface area contributed by atoms with Crippen molar-refractivity contribution in [1.82, 2.24) is 9.55 Å². The first-order valence-electron chi connectivity index (χ1n) is 9.65. The summed E-state index contributed by atoms with van der Waals surface area (Å²) >= 11 is 1.46. The van der Waals surface area contributed by atoms with Crippen LogP contribution in [0.1, 0.15) is 15.2 Å². The van der Waals surface area contributed by atoms with Gasteiger partial charge >= 0.3 is 0 Å². The zero-order chi connectivity index (χ0) is 21.5. The van der Waals surface area contributed by atoms with Crippen LogP contribution in [0.4, 0.5) is 5.69 Å². The van der Waals surface area contributed by atoms with E-state index in [0.29, 0.717) is 27.2 Å². The number of ketones is 1. The molecule has 0 saturated heterocycles. The molecule has 2 aromatic carbocycles. The molecule has 0 atom stereocenters. The average Bonchev–Trinajstić information content (AvgIpc) is 3.12. The molecule has 8 heteroatoms. The van der Waals surface area contributed by atoms with Gasteiger partial charge in [0.15, 0.2) is 12.4 Å². The quantitative estimate of drug-likeness (QED) is 0.498. The lowest BCUT2D eigenvalue weighted by molar-refractivity contribution is -0.118. The summed E-state index contributed by atoms with van der Waals surface area (Å²) in [5, 5.41) is 3.21. The number of rotatable bonds is 4. The molecule has 0 radical (unpaired) electrons. The molecule has 7 nitrogen and oxygen atoms in total. The molecular weight excluding hydrogens is 414 g/mol. The predicted molar refractivity (Wildman–Crippen MR) is 119 cm³/mol. The first-order valence-corrected chi connectivity index (χ1v) is 10.5. The van der Waals surface area contributed by atoms with Crippen molar-refractivity contribution in [3.63, 3.8) is 0 Å². The lowest BCUT2D eigenvalue weighted by atomic mass is 10.0. The van der Waals surface area contributed by atoms with Crippen LogP contribution >= 0.6 is 11.3 Å². The number of nitrogens with zero attached hydrogens (tertiary/aromatic N) is 2. The van der Waals surface area contributed by atoms with Crippen molar-refractivity contribution < 1.29 is 14.3 Å². The van der Waals surface area contributed by atoms with Gasteiger partial charge in [-0.15, -0.1) is 11.3 Å². The van der Waals surface area contributed by atoms with Crippen molar-refractivity contribution >= 4 is 38.9 Å². The molecule has 0 bridgehead atoms. The number of aromatic nitrogens is 2. The third kappa shape index (κ3) is 3.40. The maximum Gasteiger partial charge on any atom is 0.263 e. The fourth-order valence-corrected chi connectivity index (χ4v) is 4.71. The topological polar surface area (TPSA) is 90.3 Å². The van der Waals surface area contributed by atoms with Crippen LogP contribution < -0.4 is 15.6 Å². The van der Waals surface area contributed by atoms with Crippen LogP contribution in [-0.2, 0) is 11.3 Å². The SMILES string of the molecule is Cc1sc2ncn(CC(=O)c3ccc4c(c3)NC(=O)CO4)c(=O)c2c1-c1ccccc1. The van der Waals surface area contributed by atoms with Crippen LogP contribution in [0, 0.1) is 6.92 Å². The smallest absolute Gasteiger partial charge is 0.263 e. The molecule has 0 aliphatic carbocycles. The van der Waals surface area contributed by atoms with Gasteiger partial charge in [-0.05, 0) is 30.7 Å². The molecule has 1 amide bonds. The summed E-state index contributed by atoms with van der Waals surface area (Å²) in [6.07, 6.45) is 1.41. The Morgan fingerprint density at radius 2 is 2.00 bits per heavy atom. The molecule has 3 heterocycles. The fourth-order valence-electron chi connectivity index (χ4n) is 3.71. The maximum absolute atomic E-state index is 13.3. The Kier molecular flexibility index (Phi) is 4.63. The highest BCUT2D eigenvalue weighted by Crippen LogP contribution is 2.35. The number of benzene rings is 2. The minimum Gasteiger partial charge on any atom is -0.482 e. The van der Waals surface area contributed by atoms with Crippen LogP contribution in [0.25, 0.3) is 21.3 Å². The Labute approximate surface area is 180 Å². The van der Waals surface area contributed by atoms with Gasteiger partial charge in [-0.2, -0.15) is 0 Å². The van der Waals surface area contributed by atoms with E-state index in [2.05, 4.69) is 10.3 Å². The number of aryl methyl sites for hydroxylation is 1. The standard InChI is InChI=1S/C23H17N3O4S/c1-13-20(14-5-3-2-4-6-14)21-22(31-13)24-12-26(23(21)29)10-17(27)15-7-8-18-16(9-15)25-19(28)11-30-18/h2-9,12H,10-11H2,1H3,(H,25,28). The molecule has 0 saturated carbocycles. The second kappa shape index (κ2) is 7.48. The summed E-state index contributed by atoms with van der Waals surface area (Å²) in [5.41, 5.74) is 2.37. The normalized spacial score (nSPS) is 12.9. The molecule has 0 spiro atoms. The van der Waals surface area contributed by atoms with Gasteiger partial charge in [0.25, 0.3) is 11.5 Å². The summed E-state index contributed by atoms with van der Waals surface area (Å²) in [4.78, 5) is 43.8. The van der Waals surface area contributed by atoms with E-state index in [9.17, 15) is 14.4 Å². The Morgan fingerprint density at radius 3 is 2.81 bits per heavy atom. The van der Waals surface area contributed by atoms with Gasteiger partial charge in [0, 0.05) is 16.0 Å². The van der Waals surface area contributed by atoms with E-state index in [1.165, 1.54) is 22.2 Å². The van der Waals surface area contributed by atoms with Gasteiger partial charge in [-0.3, -0.25) is 19.0 Å². The van der Waals surface area contributed by atoms with Gasteiger partial charge in [-0.1, -0.05) is 30.3 Å². The molecule has 5 rings (SSSR count). The van der Waals surface area contributed by atoms with Crippen LogP contribution in [0.2, 0.25) is 0 Å². The lowest BCUT2D eigenvalue weighted by Gasteiger charge is -2.18. The van der Waals surface area contributed by atoms with Gasteiger partial charge < -0.3 is 10.1 Å². The van der Waals surface area contributed by atoms with Crippen LogP contribution in [-0.4, -0.2) is 27.8 Å². The molecule has 4 aromatic rings. The van der Waals surface area contributed by atoms with Crippen molar-refractivity contribution in [2.24, 2.45) is 0 Å². The number of ether oxygens (including phenoxy) is 1. The van der Waals surface area contributed by atoms with E-state index >= 15 is 0 Å². The number of anilines is 1. The van der Waals surface area contributed by atoms with Crippen molar-refractivity contribution in [1.29, 1.82) is 0 Å². The number of Topliss-reactive ketones (excluding diaryl/α,β-unsaturated/α-hetero) is 1. The summed E-state index contributed by atoms with van der Waals surface area (Å²) in [6.45, 7) is 1.76. The van der Waals surface area contributed by atoms with E-state index in [1.807, 2.05) is 37.3 Å². The highest BCUT2D eigenvalue weighted by atomic mass is 32.1. The first kappa shape index (κ1) is 19.2. The Hall–Kier alpha value is -3.78. The number of carbonyl (C=O) groups is 2. The van der Waals surface area contributed by atoms with E-state index < -0.39 is 0 Å². The maximum atomic E-state index is 13.3. The van der Waals surface area contributed by atoms with Gasteiger partial charge in [-0.25, -0.2) is 4.98 Å². The minimum atomic E-state index is -0.274. The van der Waals surface area contributed by atoms with Crippen molar-refractivity contribution in [3.05, 3.63) is 75.7 Å². The number of thiophene rings is 1. The summed E-state index contributed by atoms with van der Waals surface area (Å²) < 4.78 is 6.66. The number of hydrogen-bond donors (Lipinski definition) is 1. The molecule has 0 unspecified atom stereocenters. The molecule has 0 fully saturated rings. The molecule has 2 aromatic heterocycles. The summed E-state index contributed by atoms with van der Waals surface area (Å²) in [6, 6.07) is 14.5. The van der Waals surface area contributed by atoms with Crippen molar-refractivity contribution in [3.8, 4) is 16.9 Å².